The number of aromatic nitrogens is 2. The van der Waals surface area contributed by atoms with Crippen molar-refractivity contribution in [2.45, 2.75) is 0 Å². The van der Waals surface area contributed by atoms with E-state index in [1.165, 1.54) is 10.8 Å². The summed E-state index contributed by atoms with van der Waals surface area (Å²) in [6.07, 6.45) is 6.56. The van der Waals surface area contributed by atoms with Gasteiger partial charge in [0, 0.05) is 24.8 Å². The summed E-state index contributed by atoms with van der Waals surface area (Å²) in [7, 11) is 0. The van der Waals surface area contributed by atoms with Crippen LogP contribution in [0.15, 0.2) is 73.3 Å². The van der Waals surface area contributed by atoms with Crippen molar-refractivity contribution >= 4 is 10.8 Å². The van der Waals surface area contributed by atoms with Crippen LogP contribution in [0.25, 0.3) is 10.8 Å². The number of benzene rings is 2. The van der Waals surface area contributed by atoms with Crippen LogP contribution in [0.2, 0.25) is 0 Å². The van der Waals surface area contributed by atoms with E-state index in [0.29, 0.717) is 0 Å². The molecule has 0 fully saturated rings. The highest BCUT2D eigenvalue weighted by molar-refractivity contribution is 5.81. The molecule has 2 aromatic carbocycles. The minimum atomic E-state index is 1.31. The molecule has 0 amide bonds. The maximum atomic E-state index is 3.72. The average molecular weight is 208 g/mol. The van der Waals surface area contributed by atoms with Crippen molar-refractivity contribution in [2.24, 2.45) is 0 Å². The van der Waals surface area contributed by atoms with E-state index in [9.17, 15) is 0 Å². The quantitative estimate of drug-likeness (QED) is 0.566. The lowest BCUT2D eigenvalue weighted by Gasteiger charge is -1.92. The molecule has 1 aromatic heterocycles. The topological polar surface area (TPSA) is 25.8 Å². The van der Waals surface area contributed by atoms with Gasteiger partial charge in [-0.05, 0) is 10.8 Å². The van der Waals surface area contributed by atoms with Crippen LogP contribution in [0.3, 0.4) is 0 Å². The van der Waals surface area contributed by atoms with Crippen molar-refractivity contribution < 1.29 is 0 Å². The van der Waals surface area contributed by atoms with Gasteiger partial charge in [-0.2, -0.15) is 0 Å². The molecule has 2 nitrogen and oxygen atoms in total. The molecule has 0 bridgehead atoms. The Balaban J connectivity index is 0.000000138. The first-order chi connectivity index (χ1) is 7.97. The number of hydrogen-bond donors (Lipinski definition) is 0. The van der Waals surface area contributed by atoms with Crippen LogP contribution < -0.4 is 0 Å². The van der Waals surface area contributed by atoms with E-state index in [1.54, 1.807) is 24.8 Å². The summed E-state index contributed by atoms with van der Waals surface area (Å²) in [6.45, 7) is 0. The average Bonchev–Trinajstić information content (AvgIpc) is 2.42. The fraction of sp³-hybridized carbons (Fsp3) is 0. The summed E-state index contributed by atoms with van der Waals surface area (Å²) in [4.78, 5) is 7.44. The van der Waals surface area contributed by atoms with Crippen LogP contribution in [-0.4, -0.2) is 9.97 Å². The fourth-order valence-corrected chi connectivity index (χ4v) is 1.39. The predicted molar refractivity (Wildman–Crippen MR) is 66.0 cm³/mol. The van der Waals surface area contributed by atoms with Gasteiger partial charge in [-0.25, -0.2) is 0 Å². The normalized spacial score (nSPS) is 9.25. The van der Waals surface area contributed by atoms with Crippen molar-refractivity contribution in [1.82, 2.24) is 9.97 Å². The molecule has 0 saturated carbocycles. The van der Waals surface area contributed by atoms with Crippen LogP contribution in [0.1, 0.15) is 0 Å². The van der Waals surface area contributed by atoms with Gasteiger partial charge >= 0.3 is 0 Å². The van der Waals surface area contributed by atoms with Crippen LogP contribution in [0, 0.1) is 0 Å². The van der Waals surface area contributed by atoms with Crippen LogP contribution in [0.4, 0.5) is 0 Å². The Kier molecular flexibility index (Phi) is 3.61. The third-order valence-electron chi connectivity index (χ3n) is 2.14. The number of rotatable bonds is 0. The highest BCUT2D eigenvalue weighted by Gasteiger charge is 1.85. The van der Waals surface area contributed by atoms with Gasteiger partial charge in [-0.1, -0.05) is 48.5 Å². The first kappa shape index (κ1) is 10.3. The molecule has 0 radical (unpaired) electrons. The number of nitrogens with zero attached hydrogens (tertiary/aromatic N) is 2. The largest absolute Gasteiger partial charge is 0.262 e. The fourth-order valence-electron chi connectivity index (χ4n) is 1.39. The van der Waals surface area contributed by atoms with Crippen molar-refractivity contribution in [3.8, 4) is 0 Å². The molecule has 78 valence electrons. The second kappa shape index (κ2) is 5.61. The third kappa shape index (κ3) is 2.89. The van der Waals surface area contributed by atoms with E-state index in [2.05, 4.69) is 58.5 Å². The lowest BCUT2D eigenvalue weighted by molar-refractivity contribution is 1.20. The Morgan fingerprint density at radius 2 is 0.812 bits per heavy atom. The number of fused-ring (bicyclic) bond motifs is 1. The van der Waals surface area contributed by atoms with Gasteiger partial charge in [-0.15, -0.1) is 0 Å². The van der Waals surface area contributed by atoms with Gasteiger partial charge in [0.15, 0.2) is 0 Å². The first-order valence-corrected chi connectivity index (χ1v) is 5.10. The summed E-state index contributed by atoms with van der Waals surface area (Å²) in [5.74, 6) is 0. The van der Waals surface area contributed by atoms with E-state index in [1.807, 2.05) is 0 Å². The smallest absolute Gasteiger partial charge is 0.0451 e. The molecule has 3 aromatic rings. The van der Waals surface area contributed by atoms with Gasteiger partial charge in [0.2, 0.25) is 0 Å². The second-order valence-corrected chi connectivity index (χ2v) is 3.24. The molecule has 16 heavy (non-hydrogen) atoms. The summed E-state index contributed by atoms with van der Waals surface area (Å²) in [5.41, 5.74) is 0. The molecule has 1 heterocycles. The molecular weight excluding hydrogens is 196 g/mol. The van der Waals surface area contributed by atoms with Crippen molar-refractivity contribution in [2.75, 3.05) is 0 Å². The minimum Gasteiger partial charge on any atom is -0.262 e. The Bertz CT molecular complexity index is 443. The van der Waals surface area contributed by atoms with Gasteiger partial charge in [0.25, 0.3) is 0 Å². The zero-order chi connectivity index (χ0) is 11.1. The van der Waals surface area contributed by atoms with Crippen molar-refractivity contribution in [3.05, 3.63) is 73.3 Å². The summed E-state index contributed by atoms with van der Waals surface area (Å²) in [6, 6.07) is 16.7. The molecule has 0 aliphatic heterocycles. The van der Waals surface area contributed by atoms with Crippen molar-refractivity contribution in [1.29, 1.82) is 0 Å². The minimum absolute atomic E-state index is 1.31. The zero-order valence-corrected chi connectivity index (χ0v) is 8.82. The Labute approximate surface area is 94.6 Å². The maximum absolute atomic E-state index is 3.72. The SMILES string of the molecule is c1ccc2ccccc2c1.c1cnccn1. The van der Waals surface area contributed by atoms with Crippen molar-refractivity contribution in [3.63, 3.8) is 0 Å². The molecule has 0 aliphatic carbocycles. The van der Waals surface area contributed by atoms with E-state index >= 15 is 0 Å². The van der Waals surface area contributed by atoms with E-state index in [-0.39, 0.29) is 0 Å². The summed E-state index contributed by atoms with van der Waals surface area (Å²) < 4.78 is 0. The first-order valence-electron chi connectivity index (χ1n) is 5.10. The molecule has 2 heteroatoms. The third-order valence-corrected chi connectivity index (χ3v) is 2.14. The van der Waals surface area contributed by atoms with Crippen LogP contribution in [-0.2, 0) is 0 Å². The maximum Gasteiger partial charge on any atom is 0.0451 e. The van der Waals surface area contributed by atoms with E-state index < -0.39 is 0 Å². The highest BCUT2D eigenvalue weighted by atomic mass is 14.7. The lowest BCUT2D eigenvalue weighted by atomic mass is 10.1. The molecule has 0 saturated heterocycles. The molecule has 0 unspecified atom stereocenters. The summed E-state index contributed by atoms with van der Waals surface area (Å²) in [5, 5.41) is 2.62. The molecular formula is C14H12N2. The highest BCUT2D eigenvalue weighted by Crippen LogP contribution is 2.11. The second-order valence-electron chi connectivity index (χ2n) is 3.24. The van der Waals surface area contributed by atoms with Gasteiger partial charge in [0.1, 0.15) is 0 Å². The van der Waals surface area contributed by atoms with Crippen LogP contribution in [0.5, 0.6) is 0 Å². The molecule has 0 atom stereocenters. The molecule has 0 N–H and O–H groups in total. The van der Waals surface area contributed by atoms with Gasteiger partial charge in [0.05, 0.1) is 0 Å². The van der Waals surface area contributed by atoms with E-state index in [0.717, 1.165) is 0 Å². The molecule has 0 spiro atoms. The van der Waals surface area contributed by atoms with E-state index in [4.69, 9.17) is 0 Å². The zero-order valence-electron chi connectivity index (χ0n) is 8.82. The van der Waals surface area contributed by atoms with Crippen LogP contribution >= 0.6 is 0 Å². The Morgan fingerprint density at radius 1 is 0.500 bits per heavy atom. The number of hydrogen-bond acceptors (Lipinski definition) is 2. The Morgan fingerprint density at radius 3 is 1.06 bits per heavy atom. The molecule has 0 aliphatic rings. The lowest BCUT2D eigenvalue weighted by Crippen LogP contribution is -1.67. The standard InChI is InChI=1S/C10H8.C4H4N2/c1-2-6-10-8-4-3-7-9(10)5-1;1-2-6-4-3-5-1/h1-8H;1-4H. The Hall–Kier alpha value is -2.22. The predicted octanol–water partition coefficient (Wildman–Crippen LogP) is 3.32. The molecule has 3 rings (SSSR count). The van der Waals surface area contributed by atoms with Gasteiger partial charge in [-0.3, -0.25) is 9.97 Å². The monoisotopic (exact) mass is 208 g/mol. The summed E-state index contributed by atoms with van der Waals surface area (Å²) >= 11 is 0. The van der Waals surface area contributed by atoms with Gasteiger partial charge < -0.3 is 0 Å².